The van der Waals surface area contributed by atoms with Crippen LogP contribution in [-0.2, 0) is 5.41 Å². The first kappa shape index (κ1) is 22.8. The van der Waals surface area contributed by atoms with Gasteiger partial charge in [-0.3, -0.25) is 0 Å². The van der Waals surface area contributed by atoms with Crippen LogP contribution >= 0.6 is 0 Å². The van der Waals surface area contributed by atoms with E-state index >= 15 is 0 Å². The summed E-state index contributed by atoms with van der Waals surface area (Å²) in [6.45, 7) is 4.77. The SMILES string of the molecule is CC1(C)c2cc(-c3ccc4ccccc4c3)ccc2-c2ccc(-c3ccc4ccc5cccc6ccc3c4c56)cc21. The highest BCUT2D eigenvalue weighted by Crippen LogP contribution is 2.51. The Hall–Kier alpha value is -4.94. The van der Waals surface area contributed by atoms with Gasteiger partial charge < -0.3 is 0 Å². The van der Waals surface area contributed by atoms with E-state index in [0.717, 1.165) is 0 Å². The Morgan fingerprint density at radius 3 is 1.66 bits per heavy atom. The van der Waals surface area contributed by atoms with Gasteiger partial charge >= 0.3 is 0 Å². The highest BCUT2D eigenvalue weighted by atomic mass is 14.4. The molecule has 192 valence electrons. The minimum atomic E-state index is -0.0860. The molecule has 8 aromatic carbocycles. The van der Waals surface area contributed by atoms with E-state index in [1.165, 1.54) is 87.6 Å². The summed E-state index contributed by atoms with van der Waals surface area (Å²) in [5.41, 5.74) is 10.6. The fraction of sp³-hybridized carbons (Fsp3) is 0.0732. The van der Waals surface area contributed by atoms with Crippen molar-refractivity contribution in [3.63, 3.8) is 0 Å². The summed E-state index contributed by atoms with van der Waals surface area (Å²) in [6.07, 6.45) is 0. The third-order valence-corrected chi connectivity index (χ3v) is 9.60. The Balaban J connectivity index is 1.19. The minimum Gasteiger partial charge on any atom is -0.0616 e. The number of hydrogen-bond acceptors (Lipinski definition) is 0. The molecule has 9 rings (SSSR count). The molecule has 0 aromatic heterocycles. The van der Waals surface area contributed by atoms with E-state index in [2.05, 4.69) is 147 Å². The van der Waals surface area contributed by atoms with E-state index in [4.69, 9.17) is 0 Å². The van der Waals surface area contributed by atoms with Gasteiger partial charge in [0.15, 0.2) is 0 Å². The van der Waals surface area contributed by atoms with Gasteiger partial charge in [-0.15, -0.1) is 0 Å². The van der Waals surface area contributed by atoms with Crippen LogP contribution in [0, 0.1) is 0 Å². The molecule has 0 heterocycles. The lowest BCUT2D eigenvalue weighted by molar-refractivity contribution is 0.661. The summed E-state index contributed by atoms with van der Waals surface area (Å²) >= 11 is 0. The predicted octanol–water partition coefficient (Wildman–Crippen LogP) is 11.4. The number of fused-ring (bicyclic) bond motifs is 4. The van der Waals surface area contributed by atoms with Gasteiger partial charge in [0, 0.05) is 5.41 Å². The standard InChI is InChI=1S/C41H28/c1-41(2)37-23-31(30-13-10-25-6-3-4-7-29(25)22-30)16-19-34(37)35-20-17-32(24-38(35)41)33-18-14-28-12-11-26-8-5-9-27-15-21-36(33)40(28)39(26)27/h3-24H,1-2H3. The van der Waals surface area contributed by atoms with Crippen molar-refractivity contribution in [2.75, 3.05) is 0 Å². The van der Waals surface area contributed by atoms with Crippen molar-refractivity contribution in [2.45, 2.75) is 19.3 Å². The van der Waals surface area contributed by atoms with Crippen LogP contribution in [0.2, 0.25) is 0 Å². The number of benzene rings is 8. The summed E-state index contributed by atoms with van der Waals surface area (Å²) in [6, 6.07) is 50.0. The van der Waals surface area contributed by atoms with E-state index < -0.39 is 0 Å². The highest BCUT2D eigenvalue weighted by Gasteiger charge is 2.36. The topological polar surface area (TPSA) is 0 Å². The molecule has 0 fully saturated rings. The van der Waals surface area contributed by atoms with Crippen molar-refractivity contribution < 1.29 is 0 Å². The zero-order valence-electron chi connectivity index (χ0n) is 23.2. The van der Waals surface area contributed by atoms with Crippen LogP contribution < -0.4 is 0 Å². The van der Waals surface area contributed by atoms with Gasteiger partial charge in [-0.05, 0) is 106 Å². The summed E-state index contributed by atoms with van der Waals surface area (Å²) < 4.78 is 0. The van der Waals surface area contributed by atoms with Crippen LogP contribution in [0.4, 0.5) is 0 Å². The first-order valence-electron chi connectivity index (χ1n) is 14.5. The summed E-state index contributed by atoms with van der Waals surface area (Å²) in [7, 11) is 0. The molecular formula is C41H28. The minimum absolute atomic E-state index is 0.0860. The van der Waals surface area contributed by atoms with Crippen LogP contribution in [0.15, 0.2) is 133 Å². The monoisotopic (exact) mass is 520 g/mol. The van der Waals surface area contributed by atoms with E-state index in [1.54, 1.807) is 0 Å². The molecule has 0 heteroatoms. The van der Waals surface area contributed by atoms with Crippen LogP contribution in [-0.4, -0.2) is 0 Å². The van der Waals surface area contributed by atoms with Crippen LogP contribution in [0.3, 0.4) is 0 Å². The van der Waals surface area contributed by atoms with Crippen LogP contribution in [0.1, 0.15) is 25.0 Å². The average Bonchev–Trinajstić information content (AvgIpc) is 3.25. The zero-order chi connectivity index (χ0) is 27.3. The Kier molecular flexibility index (Phi) is 4.49. The second-order valence-corrected chi connectivity index (χ2v) is 12.2. The van der Waals surface area contributed by atoms with Crippen molar-refractivity contribution in [1.82, 2.24) is 0 Å². The van der Waals surface area contributed by atoms with Gasteiger partial charge in [-0.2, -0.15) is 0 Å². The molecule has 0 aliphatic heterocycles. The third kappa shape index (κ3) is 3.16. The second-order valence-electron chi connectivity index (χ2n) is 12.2. The van der Waals surface area contributed by atoms with Gasteiger partial charge in [-0.25, -0.2) is 0 Å². The molecule has 0 N–H and O–H groups in total. The van der Waals surface area contributed by atoms with Crippen molar-refractivity contribution in [3.05, 3.63) is 145 Å². The van der Waals surface area contributed by atoms with E-state index in [9.17, 15) is 0 Å². The van der Waals surface area contributed by atoms with E-state index in [-0.39, 0.29) is 5.41 Å². The van der Waals surface area contributed by atoms with Crippen molar-refractivity contribution in [3.8, 4) is 33.4 Å². The Bertz CT molecular complexity index is 2320. The molecular weight excluding hydrogens is 492 g/mol. The van der Waals surface area contributed by atoms with E-state index in [0.29, 0.717) is 0 Å². The highest BCUT2D eigenvalue weighted by molar-refractivity contribution is 6.25. The maximum absolute atomic E-state index is 2.46. The number of hydrogen-bond donors (Lipinski definition) is 0. The second kappa shape index (κ2) is 8.05. The summed E-state index contributed by atoms with van der Waals surface area (Å²) in [4.78, 5) is 0. The van der Waals surface area contributed by atoms with Crippen LogP contribution in [0.5, 0.6) is 0 Å². The third-order valence-electron chi connectivity index (χ3n) is 9.60. The lowest BCUT2D eigenvalue weighted by Crippen LogP contribution is -2.15. The molecule has 0 saturated carbocycles. The van der Waals surface area contributed by atoms with Gasteiger partial charge in [0.05, 0.1) is 0 Å². The molecule has 0 bridgehead atoms. The van der Waals surface area contributed by atoms with Crippen molar-refractivity contribution >= 4 is 43.1 Å². The summed E-state index contributed by atoms with van der Waals surface area (Å²) in [5.74, 6) is 0. The molecule has 0 atom stereocenters. The first-order valence-corrected chi connectivity index (χ1v) is 14.5. The molecule has 0 amide bonds. The molecule has 0 unspecified atom stereocenters. The first-order chi connectivity index (χ1) is 20.1. The fourth-order valence-electron chi connectivity index (χ4n) is 7.44. The smallest absolute Gasteiger partial charge is 0.0159 e. The van der Waals surface area contributed by atoms with Gasteiger partial charge in [0.1, 0.15) is 0 Å². The van der Waals surface area contributed by atoms with Gasteiger partial charge in [0.2, 0.25) is 0 Å². The van der Waals surface area contributed by atoms with E-state index in [1.807, 2.05) is 0 Å². The van der Waals surface area contributed by atoms with Gasteiger partial charge in [0.25, 0.3) is 0 Å². The van der Waals surface area contributed by atoms with Crippen molar-refractivity contribution in [1.29, 1.82) is 0 Å². The molecule has 0 saturated heterocycles. The summed E-state index contributed by atoms with van der Waals surface area (Å²) in [5, 5.41) is 10.6. The molecule has 8 aromatic rings. The van der Waals surface area contributed by atoms with Crippen molar-refractivity contribution in [2.24, 2.45) is 0 Å². The van der Waals surface area contributed by atoms with Crippen LogP contribution in [0.25, 0.3) is 76.5 Å². The zero-order valence-corrected chi connectivity index (χ0v) is 23.2. The molecule has 0 spiro atoms. The Labute approximate surface area is 239 Å². The lowest BCUT2D eigenvalue weighted by atomic mass is 9.80. The molecule has 1 aliphatic carbocycles. The molecule has 41 heavy (non-hydrogen) atoms. The molecule has 0 nitrogen and oxygen atoms in total. The Morgan fingerprint density at radius 1 is 0.366 bits per heavy atom. The molecule has 1 aliphatic rings. The average molecular weight is 521 g/mol. The maximum Gasteiger partial charge on any atom is 0.0159 e. The largest absolute Gasteiger partial charge is 0.0616 e. The maximum atomic E-state index is 2.46. The lowest BCUT2D eigenvalue weighted by Gasteiger charge is -2.23. The Morgan fingerprint density at radius 2 is 0.878 bits per heavy atom. The normalized spacial score (nSPS) is 13.8. The quantitative estimate of drug-likeness (QED) is 0.199. The predicted molar refractivity (Wildman–Crippen MR) is 176 cm³/mol. The molecule has 0 radical (unpaired) electrons. The van der Waals surface area contributed by atoms with Gasteiger partial charge in [-0.1, -0.05) is 129 Å². The number of rotatable bonds is 2. The fourth-order valence-corrected chi connectivity index (χ4v) is 7.44.